The number of hydrogen-bond donors (Lipinski definition) is 2. The molecule has 152 valence electrons. The Morgan fingerprint density at radius 3 is 2.17 bits per heavy atom. The van der Waals surface area contributed by atoms with Gasteiger partial charge in [-0.25, -0.2) is 9.59 Å². The normalized spacial score (nSPS) is 12.2. The first-order valence-electron chi connectivity index (χ1n) is 9.11. The number of para-hydroxylation sites is 1. The molecule has 0 saturated heterocycles. The maximum Gasteiger partial charge on any atom is 0.344 e. The van der Waals surface area contributed by atoms with Gasteiger partial charge in [0, 0.05) is 14.1 Å². The van der Waals surface area contributed by atoms with Crippen LogP contribution in [0.3, 0.4) is 0 Å². The highest BCUT2D eigenvalue weighted by molar-refractivity contribution is 5.84. The summed E-state index contributed by atoms with van der Waals surface area (Å²) in [7, 11) is 2.59. The lowest BCUT2D eigenvalue weighted by Gasteiger charge is -2.21. The summed E-state index contributed by atoms with van der Waals surface area (Å²) in [5.41, 5.74) is -2.13. The van der Waals surface area contributed by atoms with Gasteiger partial charge in [-0.15, -0.1) is 0 Å². The molecule has 8 nitrogen and oxygen atoms in total. The average molecular weight is 406 g/mol. The number of nitrogens with zero attached hydrogens (tertiary/aromatic N) is 2. The van der Waals surface area contributed by atoms with Crippen LogP contribution in [-0.4, -0.2) is 19.3 Å². The highest BCUT2D eigenvalue weighted by Crippen LogP contribution is 2.39. The maximum absolute atomic E-state index is 13.0. The molecule has 0 radical (unpaired) electrons. The van der Waals surface area contributed by atoms with Crippen molar-refractivity contribution in [3.63, 3.8) is 0 Å². The Bertz CT molecular complexity index is 1450. The highest BCUT2D eigenvalue weighted by Gasteiger charge is 2.32. The highest BCUT2D eigenvalue weighted by atomic mass is 16.4. The van der Waals surface area contributed by atoms with Crippen molar-refractivity contribution in [2.24, 2.45) is 14.1 Å². The van der Waals surface area contributed by atoms with Crippen molar-refractivity contribution in [2.45, 2.75) is 5.92 Å². The van der Waals surface area contributed by atoms with Crippen molar-refractivity contribution in [1.82, 2.24) is 9.13 Å². The number of aromatic hydroxyl groups is 2. The molecule has 0 aliphatic carbocycles. The molecule has 0 fully saturated rings. The molecule has 0 saturated carbocycles. The van der Waals surface area contributed by atoms with E-state index in [2.05, 4.69) is 0 Å². The van der Waals surface area contributed by atoms with Crippen molar-refractivity contribution in [1.29, 1.82) is 0 Å². The van der Waals surface area contributed by atoms with Crippen LogP contribution in [0, 0.1) is 0 Å². The predicted molar refractivity (Wildman–Crippen MR) is 110 cm³/mol. The van der Waals surface area contributed by atoms with E-state index in [1.165, 1.54) is 14.1 Å². The molecule has 0 aliphatic rings. The first kappa shape index (κ1) is 19.3. The van der Waals surface area contributed by atoms with Crippen molar-refractivity contribution in [3.05, 3.63) is 103 Å². The summed E-state index contributed by atoms with van der Waals surface area (Å²) >= 11 is 0. The molecule has 1 atom stereocenters. The smallest absolute Gasteiger partial charge is 0.344 e. The lowest BCUT2D eigenvalue weighted by atomic mass is 9.85. The predicted octanol–water partition coefficient (Wildman–Crippen LogP) is 1.78. The van der Waals surface area contributed by atoms with Crippen LogP contribution in [0.5, 0.6) is 11.6 Å². The van der Waals surface area contributed by atoms with E-state index in [0.717, 1.165) is 9.13 Å². The van der Waals surface area contributed by atoms with Gasteiger partial charge in [0.05, 0.1) is 22.4 Å². The summed E-state index contributed by atoms with van der Waals surface area (Å²) in [6, 6.07) is 14.9. The summed E-state index contributed by atoms with van der Waals surface area (Å²) in [4.78, 5) is 38.1. The number of rotatable bonds is 3. The number of fused-ring (bicyclic) bond motifs is 1. The topological polar surface area (TPSA) is 115 Å². The van der Waals surface area contributed by atoms with Crippen molar-refractivity contribution in [3.8, 4) is 11.6 Å². The Labute approximate surface area is 169 Å². The minimum Gasteiger partial charge on any atom is -0.507 e. The van der Waals surface area contributed by atoms with Crippen LogP contribution in [0.15, 0.2) is 73.4 Å². The largest absolute Gasteiger partial charge is 0.507 e. The van der Waals surface area contributed by atoms with Crippen LogP contribution < -0.4 is 16.9 Å². The molecule has 0 aliphatic heterocycles. The first-order valence-corrected chi connectivity index (χ1v) is 9.11. The van der Waals surface area contributed by atoms with Gasteiger partial charge in [-0.05, 0) is 17.7 Å². The molecule has 30 heavy (non-hydrogen) atoms. The minimum atomic E-state index is -1.17. The van der Waals surface area contributed by atoms with Crippen LogP contribution in [0.2, 0.25) is 0 Å². The third-order valence-corrected chi connectivity index (χ3v) is 5.20. The molecule has 2 N–H and O–H groups in total. The van der Waals surface area contributed by atoms with Crippen LogP contribution >= 0.6 is 0 Å². The van der Waals surface area contributed by atoms with E-state index in [1.54, 1.807) is 54.6 Å². The van der Waals surface area contributed by atoms with E-state index in [4.69, 9.17) is 4.42 Å². The van der Waals surface area contributed by atoms with Crippen LogP contribution in [0.1, 0.15) is 22.6 Å². The second-order valence-electron chi connectivity index (χ2n) is 6.93. The second kappa shape index (κ2) is 7.07. The summed E-state index contributed by atoms with van der Waals surface area (Å²) in [5, 5.41) is 22.0. The Morgan fingerprint density at radius 2 is 1.47 bits per heavy atom. The standard InChI is InChI=1S/C22H18N2O6/c1-23-19(26)17(20(27)24(2)22(23)29)15(12-8-4-3-5-9-12)16-18(25)13-10-6-7-11-14(13)30-21(16)28/h3-11,15,25-26H,1-2H3. The van der Waals surface area contributed by atoms with E-state index in [9.17, 15) is 24.6 Å². The Kier molecular flexibility index (Phi) is 4.54. The molecule has 2 aromatic carbocycles. The summed E-state index contributed by atoms with van der Waals surface area (Å²) in [6.07, 6.45) is 0. The monoisotopic (exact) mass is 406 g/mol. The van der Waals surface area contributed by atoms with Gasteiger partial charge in [-0.3, -0.25) is 13.9 Å². The van der Waals surface area contributed by atoms with Gasteiger partial charge >= 0.3 is 11.3 Å². The van der Waals surface area contributed by atoms with Gasteiger partial charge in [0.2, 0.25) is 5.88 Å². The van der Waals surface area contributed by atoms with Crippen LogP contribution in [0.4, 0.5) is 0 Å². The third kappa shape index (κ3) is 2.81. The number of benzene rings is 2. The molecule has 4 aromatic rings. The Hall–Kier alpha value is -4.07. The molecule has 0 amide bonds. The molecular formula is C22H18N2O6. The lowest BCUT2D eigenvalue weighted by molar-refractivity contribution is 0.399. The van der Waals surface area contributed by atoms with Gasteiger partial charge in [0.25, 0.3) is 5.56 Å². The first-order chi connectivity index (χ1) is 14.3. The number of hydrogen-bond acceptors (Lipinski definition) is 6. The summed E-state index contributed by atoms with van der Waals surface area (Å²) in [6.45, 7) is 0. The van der Waals surface area contributed by atoms with Gasteiger partial charge < -0.3 is 14.6 Å². The molecule has 4 rings (SSSR count). The van der Waals surface area contributed by atoms with Crippen molar-refractivity contribution < 1.29 is 14.6 Å². The Balaban J connectivity index is 2.18. The zero-order valence-electron chi connectivity index (χ0n) is 16.2. The molecule has 2 heterocycles. The van der Waals surface area contributed by atoms with Gasteiger partial charge in [-0.1, -0.05) is 42.5 Å². The van der Waals surface area contributed by atoms with Gasteiger partial charge in [0.15, 0.2) is 0 Å². The SMILES string of the molecule is Cn1c(O)c(C(c2ccccc2)c2c(O)c3ccccc3oc2=O)c(=O)n(C)c1=O. The van der Waals surface area contributed by atoms with E-state index >= 15 is 0 Å². The second-order valence-corrected chi connectivity index (χ2v) is 6.93. The Morgan fingerprint density at radius 1 is 0.833 bits per heavy atom. The van der Waals surface area contributed by atoms with E-state index in [0.29, 0.717) is 5.56 Å². The van der Waals surface area contributed by atoms with Gasteiger partial charge in [-0.2, -0.15) is 0 Å². The fraction of sp³-hybridized carbons (Fsp3) is 0.136. The summed E-state index contributed by atoms with van der Waals surface area (Å²) < 4.78 is 7.13. The van der Waals surface area contributed by atoms with E-state index in [-0.39, 0.29) is 27.8 Å². The van der Waals surface area contributed by atoms with Crippen LogP contribution in [-0.2, 0) is 14.1 Å². The van der Waals surface area contributed by atoms with E-state index < -0.39 is 28.7 Å². The molecule has 0 spiro atoms. The fourth-order valence-corrected chi connectivity index (χ4v) is 3.64. The van der Waals surface area contributed by atoms with Crippen molar-refractivity contribution in [2.75, 3.05) is 0 Å². The molecule has 2 aromatic heterocycles. The molecule has 8 heteroatoms. The van der Waals surface area contributed by atoms with Crippen molar-refractivity contribution >= 4 is 11.0 Å². The third-order valence-electron chi connectivity index (χ3n) is 5.20. The zero-order chi connectivity index (χ0) is 21.6. The molecule has 0 bridgehead atoms. The quantitative estimate of drug-likeness (QED) is 0.501. The minimum absolute atomic E-state index is 0.188. The summed E-state index contributed by atoms with van der Waals surface area (Å²) in [5.74, 6) is -2.12. The van der Waals surface area contributed by atoms with Gasteiger partial charge in [0.1, 0.15) is 11.3 Å². The fourth-order valence-electron chi connectivity index (χ4n) is 3.64. The average Bonchev–Trinajstić information content (AvgIpc) is 2.76. The van der Waals surface area contributed by atoms with E-state index in [1.807, 2.05) is 0 Å². The lowest BCUT2D eigenvalue weighted by Crippen LogP contribution is -2.40. The zero-order valence-corrected chi connectivity index (χ0v) is 16.2. The molecule has 1 unspecified atom stereocenters. The molecular weight excluding hydrogens is 388 g/mol. The maximum atomic E-state index is 13.0. The van der Waals surface area contributed by atoms with Crippen LogP contribution in [0.25, 0.3) is 11.0 Å². The number of aromatic nitrogens is 2.